The first kappa shape index (κ1) is 21.9. The van der Waals surface area contributed by atoms with E-state index in [4.69, 9.17) is 0 Å². The van der Waals surface area contributed by atoms with Gasteiger partial charge in [-0.3, -0.25) is 0 Å². The van der Waals surface area contributed by atoms with Crippen molar-refractivity contribution < 1.29 is 13.2 Å². The average Bonchev–Trinajstić information content (AvgIpc) is 2.74. The molecule has 0 aliphatic heterocycles. The zero-order valence-corrected chi connectivity index (χ0v) is 17.6. The Morgan fingerprint density at radius 3 is 1.90 bits per heavy atom. The molecule has 1 atom stereocenters. The van der Waals surface area contributed by atoms with Crippen molar-refractivity contribution in [1.29, 1.82) is 0 Å². The van der Waals surface area contributed by atoms with E-state index in [2.05, 4.69) is 31.2 Å². The lowest BCUT2D eigenvalue weighted by atomic mass is 9.77. The fraction of sp³-hybridized carbons (Fsp3) is 0.538. The van der Waals surface area contributed by atoms with Crippen LogP contribution in [0.2, 0.25) is 0 Å². The second kappa shape index (κ2) is 9.82. The van der Waals surface area contributed by atoms with E-state index in [1.54, 1.807) is 19.1 Å². The molecular weight excluding hydrogens is 369 g/mol. The summed E-state index contributed by atoms with van der Waals surface area (Å²) in [6, 6.07) is 15.1. The Hall–Kier alpha value is -1.77. The third-order valence-corrected chi connectivity index (χ3v) is 6.42. The summed E-state index contributed by atoms with van der Waals surface area (Å²) in [5.74, 6) is -1.76. The minimum absolute atomic E-state index is 0.0488. The smallest absolute Gasteiger partial charge is 0.236 e. The molecule has 0 bridgehead atoms. The second-order valence-electron chi connectivity index (χ2n) is 8.62. The summed E-state index contributed by atoms with van der Waals surface area (Å²) in [6.45, 7) is 3.91. The highest BCUT2D eigenvalue weighted by atomic mass is 19.3. The van der Waals surface area contributed by atoms with E-state index < -0.39 is 18.5 Å². The first-order valence-electron chi connectivity index (χ1n) is 11.2. The van der Waals surface area contributed by atoms with Gasteiger partial charge in [0.15, 0.2) is 6.17 Å². The molecule has 2 aromatic carbocycles. The Kier molecular flexibility index (Phi) is 7.43. The molecule has 1 fully saturated rings. The molecular formula is C26H33F3. The molecule has 0 aromatic heterocycles. The Morgan fingerprint density at radius 2 is 1.38 bits per heavy atom. The number of hydrogen-bond donors (Lipinski definition) is 0. The highest BCUT2D eigenvalue weighted by Crippen LogP contribution is 2.40. The zero-order chi connectivity index (χ0) is 20.9. The van der Waals surface area contributed by atoms with Gasteiger partial charge in [0, 0.05) is 6.42 Å². The van der Waals surface area contributed by atoms with Crippen molar-refractivity contribution >= 4 is 0 Å². The van der Waals surface area contributed by atoms with Gasteiger partial charge in [-0.2, -0.15) is 0 Å². The molecule has 0 nitrogen and oxygen atoms in total. The van der Waals surface area contributed by atoms with Crippen LogP contribution in [0, 0.1) is 5.92 Å². The van der Waals surface area contributed by atoms with E-state index in [0.29, 0.717) is 5.92 Å². The van der Waals surface area contributed by atoms with E-state index in [-0.39, 0.29) is 12.0 Å². The number of benzene rings is 2. The molecule has 0 N–H and O–H groups in total. The van der Waals surface area contributed by atoms with Gasteiger partial charge in [-0.25, -0.2) is 13.2 Å². The normalized spacial score (nSPS) is 21.1. The van der Waals surface area contributed by atoms with Crippen molar-refractivity contribution in [1.82, 2.24) is 0 Å². The molecule has 1 saturated carbocycles. The summed E-state index contributed by atoms with van der Waals surface area (Å²) >= 11 is 0. The van der Waals surface area contributed by atoms with Gasteiger partial charge in [-0.15, -0.1) is 0 Å². The summed E-state index contributed by atoms with van der Waals surface area (Å²) < 4.78 is 41.9. The van der Waals surface area contributed by atoms with E-state index in [1.807, 2.05) is 0 Å². The number of halogens is 3. The van der Waals surface area contributed by atoms with Crippen LogP contribution in [-0.2, 0) is 0 Å². The number of hydrogen-bond acceptors (Lipinski definition) is 0. The summed E-state index contributed by atoms with van der Waals surface area (Å²) in [7, 11) is 0. The lowest BCUT2D eigenvalue weighted by Gasteiger charge is -2.28. The van der Waals surface area contributed by atoms with Crippen LogP contribution < -0.4 is 0 Å². The van der Waals surface area contributed by atoms with Crippen LogP contribution in [0.5, 0.6) is 0 Å². The Morgan fingerprint density at radius 1 is 0.828 bits per heavy atom. The highest BCUT2D eigenvalue weighted by molar-refractivity contribution is 5.64. The maximum absolute atomic E-state index is 14.2. The van der Waals surface area contributed by atoms with Gasteiger partial charge in [0.25, 0.3) is 5.92 Å². The molecule has 1 aliphatic carbocycles. The molecule has 0 amide bonds. The molecule has 1 aliphatic rings. The third-order valence-electron chi connectivity index (χ3n) is 6.42. The van der Waals surface area contributed by atoms with Crippen molar-refractivity contribution in [2.75, 3.05) is 0 Å². The molecule has 0 saturated heterocycles. The van der Waals surface area contributed by atoms with Crippen molar-refractivity contribution in [3.05, 3.63) is 59.7 Å². The molecule has 2 aromatic rings. The van der Waals surface area contributed by atoms with Crippen LogP contribution in [0.15, 0.2) is 48.5 Å². The minimum atomic E-state index is -3.31. The van der Waals surface area contributed by atoms with Crippen molar-refractivity contribution in [2.45, 2.75) is 83.2 Å². The molecule has 0 radical (unpaired) electrons. The highest BCUT2D eigenvalue weighted by Gasteiger charge is 2.39. The standard InChI is InChI=1S/C26H33F3/c1-3-5-19-6-8-20(9-7-19)21-10-12-22(13-11-21)23-14-16-24(17-15-23)25(27)26(28,29)18-4-2/h10-17,19-20,25H,3-9,18H2,1-2H3. The van der Waals surface area contributed by atoms with Crippen molar-refractivity contribution in [3.8, 4) is 11.1 Å². The zero-order valence-electron chi connectivity index (χ0n) is 17.6. The Labute approximate surface area is 173 Å². The third kappa shape index (κ3) is 5.43. The van der Waals surface area contributed by atoms with Crippen LogP contribution in [0.1, 0.15) is 88.4 Å². The molecule has 0 spiro atoms. The fourth-order valence-electron chi connectivity index (χ4n) is 4.69. The van der Waals surface area contributed by atoms with Gasteiger partial charge in [0.05, 0.1) is 0 Å². The average molecular weight is 403 g/mol. The quantitative estimate of drug-likeness (QED) is 0.413. The SMILES string of the molecule is CCCC1CCC(c2ccc(-c3ccc(C(F)C(F)(F)CCC)cc3)cc2)CC1. The van der Waals surface area contributed by atoms with Gasteiger partial charge in [-0.1, -0.05) is 81.6 Å². The number of rotatable bonds is 8. The monoisotopic (exact) mass is 402 g/mol. The second-order valence-corrected chi connectivity index (χ2v) is 8.62. The van der Waals surface area contributed by atoms with E-state index in [0.717, 1.165) is 17.0 Å². The van der Waals surface area contributed by atoms with Crippen LogP contribution in [0.3, 0.4) is 0 Å². The fourth-order valence-corrected chi connectivity index (χ4v) is 4.69. The van der Waals surface area contributed by atoms with Gasteiger partial charge in [0.2, 0.25) is 0 Å². The summed E-state index contributed by atoms with van der Waals surface area (Å²) in [5.41, 5.74) is 3.41. The van der Waals surface area contributed by atoms with Crippen LogP contribution in [0.25, 0.3) is 11.1 Å². The summed E-state index contributed by atoms with van der Waals surface area (Å²) in [6.07, 6.45) is 5.40. The van der Waals surface area contributed by atoms with Crippen LogP contribution >= 0.6 is 0 Å². The van der Waals surface area contributed by atoms with Crippen molar-refractivity contribution in [2.24, 2.45) is 5.92 Å². The van der Waals surface area contributed by atoms with Gasteiger partial charge >= 0.3 is 0 Å². The molecule has 3 heteroatoms. The van der Waals surface area contributed by atoms with Crippen LogP contribution in [0.4, 0.5) is 13.2 Å². The predicted octanol–water partition coefficient (Wildman–Crippen LogP) is 8.87. The Bertz CT molecular complexity index is 741. The molecule has 1 unspecified atom stereocenters. The maximum Gasteiger partial charge on any atom is 0.282 e. The molecule has 3 rings (SSSR count). The van der Waals surface area contributed by atoms with E-state index >= 15 is 0 Å². The lowest BCUT2D eigenvalue weighted by molar-refractivity contribution is -0.0807. The first-order valence-corrected chi connectivity index (χ1v) is 11.2. The largest absolute Gasteiger partial charge is 0.282 e. The van der Waals surface area contributed by atoms with Crippen LogP contribution in [-0.4, -0.2) is 5.92 Å². The van der Waals surface area contributed by atoms with E-state index in [1.165, 1.54) is 56.2 Å². The van der Waals surface area contributed by atoms with Gasteiger partial charge in [0.1, 0.15) is 0 Å². The topological polar surface area (TPSA) is 0 Å². The number of alkyl halides is 3. The lowest BCUT2D eigenvalue weighted by Crippen LogP contribution is -2.22. The van der Waals surface area contributed by atoms with Gasteiger partial charge in [-0.05, 0) is 59.8 Å². The van der Waals surface area contributed by atoms with Crippen molar-refractivity contribution in [3.63, 3.8) is 0 Å². The Balaban J connectivity index is 1.64. The van der Waals surface area contributed by atoms with Gasteiger partial charge < -0.3 is 0 Å². The summed E-state index contributed by atoms with van der Waals surface area (Å²) in [5, 5.41) is 0. The van der Waals surface area contributed by atoms with E-state index in [9.17, 15) is 13.2 Å². The molecule has 29 heavy (non-hydrogen) atoms. The maximum atomic E-state index is 14.2. The minimum Gasteiger partial charge on any atom is -0.236 e. The molecule has 0 heterocycles. The first-order chi connectivity index (χ1) is 13.9. The molecule has 158 valence electrons. The predicted molar refractivity (Wildman–Crippen MR) is 115 cm³/mol. The summed E-state index contributed by atoms with van der Waals surface area (Å²) in [4.78, 5) is 0.